The Labute approximate surface area is 183 Å². The number of hydrogen-bond donors (Lipinski definition) is 0. The normalized spacial score (nSPS) is 16.0. The molecule has 0 radical (unpaired) electrons. The summed E-state index contributed by atoms with van der Waals surface area (Å²) in [5.41, 5.74) is 2.09. The largest absolute Gasteiger partial charge is 0.330 e. The molecule has 1 aliphatic heterocycles. The van der Waals surface area contributed by atoms with Crippen LogP contribution >= 0.6 is 46.1 Å². The topological polar surface area (TPSA) is 40.6 Å². The molecular weight excluding hydrogens is 439 g/mol. The summed E-state index contributed by atoms with van der Waals surface area (Å²) in [6.07, 6.45) is 2.33. The summed E-state index contributed by atoms with van der Waals surface area (Å²) in [5, 5.41) is 2.68. The molecule has 1 atom stereocenters. The number of fused-ring (bicyclic) bond motifs is 1. The van der Waals surface area contributed by atoms with E-state index in [1.807, 2.05) is 29.6 Å². The minimum Gasteiger partial charge on any atom is -0.330 e. The van der Waals surface area contributed by atoms with Crippen molar-refractivity contribution in [2.75, 3.05) is 19.6 Å². The van der Waals surface area contributed by atoms with E-state index in [2.05, 4.69) is 12.6 Å². The van der Waals surface area contributed by atoms with E-state index in [1.54, 1.807) is 22.3 Å². The van der Waals surface area contributed by atoms with Crippen molar-refractivity contribution in [1.82, 2.24) is 9.80 Å². The van der Waals surface area contributed by atoms with Gasteiger partial charge in [-0.2, -0.15) is 0 Å². The smallest absolute Gasteiger partial charge is 0.256 e. The fraction of sp³-hybridized carbons (Fsp3) is 0.300. The highest BCUT2D eigenvalue weighted by atomic mass is 35.5. The third-order valence-corrected chi connectivity index (χ3v) is 6.27. The highest BCUT2D eigenvalue weighted by Crippen LogP contribution is 2.38. The number of carbonyl (C=O) groups excluding carboxylic acids is 2. The maximum atomic E-state index is 13.2. The van der Waals surface area contributed by atoms with Gasteiger partial charge in [-0.1, -0.05) is 53.0 Å². The predicted octanol–water partition coefficient (Wildman–Crippen LogP) is 4.69. The van der Waals surface area contributed by atoms with Crippen LogP contribution in [0.25, 0.3) is 0 Å². The Morgan fingerprint density at radius 2 is 2.00 bits per heavy atom. The maximum Gasteiger partial charge on any atom is 0.256 e. The van der Waals surface area contributed by atoms with Crippen molar-refractivity contribution in [2.45, 2.75) is 17.3 Å². The third kappa shape index (κ3) is 4.54. The molecule has 2 amide bonds. The molecule has 2 aromatic rings. The first-order chi connectivity index (χ1) is 13.4. The van der Waals surface area contributed by atoms with Crippen LogP contribution in [0.2, 0.25) is 5.02 Å². The van der Waals surface area contributed by atoms with E-state index in [0.29, 0.717) is 11.6 Å². The summed E-state index contributed by atoms with van der Waals surface area (Å²) in [6.45, 7) is 4.30. The first kappa shape index (κ1) is 21.2. The van der Waals surface area contributed by atoms with Gasteiger partial charge >= 0.3 is 0 Å². The summed E-state index contributed by atoms with van der Waals surface area (Å²) >= 11 is 19.2. The molecule has 28 heavy (non-hydrogen) atoms. The average Bonchev–Trinajstić information content (AvgIpc) is 3.15. The quantitative estimate of drug-likeness (QED) is 0.466. The zero-order valence-corrected chi connectivity index (χ0v) is 18.1. The first-order valence-electron chi connectivity index (χ1n) is 8.71. The zero-order chi connectivity index (χ0) is 20.3. The molecule has 4 nitrogen and oxygen atoms in total. The summed E-state index contributed by atoms with van der Waals surface area (Å²) < 4.78 is 0. The predicted molar refractivity (Wildman–Crippen MR) is 115 cm³/mol. The van der Waals surface area contributed by atoms with Crippen LogP contribution in [0.4, 0.5) is 0 Å². The van der Waals surface area contributed by atoms with E-state index in [0.717, 1.165) is 17.5 Å². The van der Waals surface area contributed by atoms with Gasteiger partial charge in [0.15, 0.2) is 4.84 Å². The second kappa shape index (κ2) is 9.31. The van der Waals surface area contributed by atoms with Crippen molar-refractivity contribution in [3.05, 3.63) is 69.4 Å². The highest BCUT2D eigenvalue weighted by Gasteiger charge is 2.34. The van der Waals surface area contributed by atoms with E-state index in [4.69, 9.17) is 34.8 Å². The molecular formula is C20H19Cl3N2O2S. The third-order valence-electron chi connectivity index (χ3n) is 4.65. The molecule has 3 rings (SSSR count). The Morgan fingerprint density at radius 3 is 2.64 bits per heavy atom. The molecule has 0 N–H and O–H groups in total. The van der Waals surface area contributed by atoms with E-state index in [-0.39, 0.29) is 25.0 Å². The lowest BCUT2D eigenvalue weighted by Gasteiger charge is -2.37. The van der Waals surface area contributed by atoms with Crippen LogP contribution in [0.3, 0.4) is 0 Å². The van der Waals surface area contributed by atoms with Crippen LogP contribution in [-0.2, 0) is 16.0 Å². The van der Waals surface area contributed by atoms with Gasteiger partial charge in [-0.3, -0.25) is 9.59 Å². The molecule has 0 bridgehead atoms. The molecule has 0 spiro atoms. The van der Waals surface area contributed by atoms with Crippen molar-refractivity contribution >= 4 is 58.0 Å². The Balaban J connectivity index is 1.90. The Kier molecular flexibility index (Phi) is 7.05. The van der Waals surface area contributed by atoms with Crippen molar-refractivity contribution in [3.8, 4) is 0 Å². The molecule has 1 aromatic carbocycles. The van der Waals surface area contributed by atoms with Crippen LogP contribution in [-0.4, -0.2) is 46.1 Å². The van der Waals surface area contributed by atoms with Gasteiger partial charge in [0.05, 0.1) is 6.04 Å². The lowest BCUT2D eigenvalue weighted by molar-refractivity contribution is -0.140. The fourth-order valence-electron chi connectivity index (χ4n) is 3.37. The van der Waals surface area contributed by atoms with Gasteiger partial charge < -0.3 is 9.80 Å². The number of hydrogen-bond acceptors (Lipinski definition) is 3. The lowest BCUT2D eigenvalue weighted by Crippen LogP contribution is -2.47. The molecule has 0 saturated carbocycles. The number of carbonyl (C=O) groups is 2. The van der Waals surface area contributed by atoms with Crippen LogP contribution in [0, 0.1) is 0 Å². The zero-order valence-electron chi connectivity index (χ0n) is 15.0. The number of halogens is 3. The van der Waals surface area contributed by atoms with Crippen molar-refractivity contribution < 1.29 is 9.59 Å². The van der Waals surface area contributed by atoms with Crippen molar-refractivity contribution in [1.29, 1.82) is 0 Å². The van der Waals surface area contributed by atoms with Crippen LogP contribution in [0.1, 0.15) is 22.0 Å². The average molecular weight is 458 g/mol. The maximum absolute atomic E-state index is 13.2. The molecule has 0 saturated heterocycles. The number of alkyl halides is 2. The molecule has 1 aliphatic rings. The number of nitrogens with zero attached hydrogens (tertiary/aromatic N) is 2. The van der Waals surface area contributed by atoms with Crippen LogP contribution < -0.4 is 0 Å². The second-order valence-electron chi connectivity index (χ2n) is 6.40. The SMILES string of the molecule is C=CCN(CC(=O)N1CCc2sccc2C1c1ccc(Cl)cc1)C(=O)C(Cl)Cl. The number of amides is 2. The Bertz CT molecular complexity index is 867. The van der Waals surface area contributed by atoms with Gasteiger partial charge in [-0.05, 0) is 41.1 Å². The van der Waals surface area contributed by atoms with E-state index >= 15 is 0 Å². The molecule has 2 heterocycles. The van der Waals surface area contributed by atoms with Gasteiger partial charge in [0.2, 0.25) is 5.91 Å². The molecule has 0 aliphatic carbocycles. The molecule has 148 valence electrons. The monoisotopic (exact) mass is 456 g/mol. The first-order valence-corrected chi connectivity index (χ1v) is 10.8. The Morgan fingerprint density at radius 1 is 1.29 bits per heavy atom. The molecule has 8 heteroatoms. The van der Waals surface area contributed by atoms with E-state index in [9.17, 15) is 9.59 Å². The van der Waals surface area contributed by atoms with Gasteiger partial charge in [0.25, 0.3) is 5.91 Å². The second-order valence-corrected chi connectivity index (χ2v) is 8.93. The lowest BCUT2D eigenvalue weighted by atomic mass is 9.93. The highest BCUT2D eigenvalue weighted by molar-refractivity contribution is 7.10. The van der Waals surface area contributed by atoms with Gasteiger partial charge in [-0.25, -0.2) is 0 Å². The fourth-order valence-corrected chi connectivity index (χ4v) is 4.68. The Hall–Kier alpha value is -1.53. The molecule has 1 unspecified atom stereocenters. The van der Waals surface area contributed by atoms with Crippen molar-refractivity contribution in [3.63, 3.8) is 0 Å². The van der Waals surface area contributed by atoms with Gasteiger partial charge in [-0.15, -0.1) is 17.9 Å². The van der Waals surface area contributed by atoms with E-state index < -0.39 is 10.7 Å². The summed E-state index contributed by atoms with van der Waals surface area (Å²) in [7, 11) is 0. The minimum atomic E-state index is -1.22. The van der Waals surface area contributed by atoms with Crippen LogP contribution in [0.5, 0.6) is 0 Å². The standard InChI is InChI=1S/C20H19Cl3N2O2S/c1-2-9-24(20(27)19(22)23)12-17(26)25-10-7-16-15(8-11-28-16)18(25)13-3-5-14(21)6-4-13/h2-6,8,11,18-19H,1,7,9-10,12H2. The molecule has 1 aromatic heterocycles. The number of rotatable bonds is 6. The summed E-state index contributed by atoms with van der Waals surface area (Å²) in [6, 6.07) is 9.33. The minimum absolute atomic E-state index is 0.107. The van der Waals surface area contributed by atoms with Crippen LogP contribution in [0.15, 0.2) is 48.4 Å². The van der Waals surface area contributed by atoms with Crippen molar-refractivity contribution in [2.24, 2.45) is 0 Å². The number of benzene rings is 1. The summed E-state index contributed by atoms with van der Waals surface area (Å²) in [4.78, 5) is 28.6. The van der Waals surface area contributed by atoms with Gasteiger partial charge in [0, 0.05) is 23.0 Å². The number of thiophene rings is 1. The molecule has 0 fully saturated rings. The summed E-state index contributed by atoms with van der Waals surface area (Å²) in [5.74, 6) is -0.672. The van der Waals surface area contributed by atoms with Gasteiger partial charge in [0.1, 0.15) is 6.54 Å². The van der Waals surface area contributed by atoms with E-state index in [1.165, 1.54) is 9.78 Å².